The third kappa shape index (κ3) is 2.83. The molecule has 0 bridgehead atoms. The molecule has 0 saturated carbocycles. The molecule has 0 aliphatic carbocycles. The van der Waals surface area contributed by atoms with Crippen LogP contribution >= 0.6 is 0 Å². The SMILES string of the molecule is Cc1nc2ccccc2c(C)c1CC(=O)N1CCN(C)CC1. The molecule has 2 heterocycles. The molecule has 1 aliphatic rings. The monoisotopic (exact) mass is 297 g/mol. The van der Waals surface area contributed by atoms with E-state index in [0.717, 1.165) is 48.3 Å². The second kappa shape index (κ2) is 6.05. The number of piperazine rings is 1. The second-order valence-electron chi connectivity index (χ2n) is 6.18. The lowest BCUT2D eigenvalue weighted by atomic mass is 9.99. The molecule has 1 aromatic carbocycles. The van der Waals surface area contributed by atoms with Crippen molar-refractivity contribution in [3.8, 4) is 0 Å². The minimum absolute atomic E-state index is 0.219. The van der Waals surface area contributed by atoms with E-state index in [9.17, 15) is 4.79 Å². The summed E-state index contributed by atoms with van der Waals surface area (Å²) in [6.07, 6.45) is 0.458. The summed E-state index contributed by atoms with van der Waals surface area (Å²) in [5.74, 6) is 0.219. The molecule has 0 atom stereocenters. The lowest BCUT2D eigenvalue weighted by Crippen LogP contribution is -2.47. The average molecular weight is 297 g/mol. The van der Waals surface area contributed by atoms with Crippen LogP contribution in [0.4, 0.5) is 0 Å². The highest BCUT2D eigenvalue weighted by molar-refractivity contribution is 5.86. The molecular weight excluding hydrogens is 274 g/mol. The molecule has 1 saturated heterocycles. The molecule has 0 unspecified atom stereocenters. The number of benzene rings is 1. The Morgan fingerprint density at radius 2 is 1.82 bits per heavy atom. The predicted octanol–water partition coefficient (Wildman–Crippen LogP) is 2.17. The second-order valence-corrected chi connectivity index (χ2v) is 6.18. The molecule has 1 fully saturated rings. The molecule has 2 aromatic rings. The quantitative estimate of drug-likeness (QED) is 0.852. The molecule has 3 rings (SSSR count). The molecule has 0 N–H and O–H groups in total. The number of fused-ring (bicyclic) bond motifs is 1. The van der Waals surface area contributed by atoms with Crippen LogP contribution in [-0.2, 0) is 11.2 Å². The highest BCUT2D eigenvalue weighted by atomic mass is 16.2. The number of likely N-dealkylation sites (N-methyl/N-ethyl adjacent to an activating group) is 1. The third-order valence-corrected chi connectivity index (χ3v) is 4.67. The van der Waals surface area contributed by atoms with Crippen molar-refractivity contribution in [2.45, 2.75) is 20.3 Å². The van der Waals surface area contributed by atoms with Crippen molar-refractivity contribution in [3.63, 3.8) is 0 Å². The fourth-order valence-corrected chi connectivity index (χ4v) is 3.15. The first-order chi connectivity index (χ1) is 10.6. The first kappa shape index (κ1) is 15.0. The van der Waals surface area contributed by atoms with E-state index in [4.69, 9.17) is 0 Å². The van der Waals surface area contributed by atoms with Gasteiger partial charge in [0.05, 0.1) is 11.9 Å². The molecule has 0 radical (unpaired) electrons. The number of aromatic nitrogens is 1. The van der Waals surface area contributed by atoms with Crippen molar-refractivity contribution in [3.05, 3.63) is 41.1 Å². The minimum Gasteiger partial charge on any atom is -0.340 e. The number of nitrogens with zero attached hydrogens (tertiary/aromatic N) is 3. The summed E-state index contributed by atoms with van der Waals surface area (Å²) >= 11 is 0. The molecule has 22 heavy (non-hydrogen) atoms. The molecule has 116 valence electrons. The largest absolute Gasteiger partial charge is 0.340 e. The van der Waals surface area contributed by atoms with Crippen LogP contribution in [0.1, 0.15) is 16.8 Å². The van der Waals surface area contributed by atoms with Crippen molar-refractivity contribution in [1.29, 1.82) is 0 Å². The predicted molar refractivity (Wildman–Crippen MR) is 89.0 cm³/mol. The Morgan fingerprint density at radius 3 is 2.55 bits per heavy atom. The maximum absolute atomic E-state index is 12.6. The van der Waals surface area contributed by atoms with Crippen molar-refractivity contribution in [2.24, 2.45) is 0 Å². The van der Waals surface area contributed by atoms with Gasteiger partial charge in [0.15, 0.2) is 0 Å². The number of carbonyl (C=O) groups is 1. The fraction of sp³-hybridized carbons (Fsp3) is 0.444. The third-order valence-electron chi connectivity index (χ3n) is 4.67. The number of hydrogen-bond acceptors (Lipinski definition) is 3. The number of para-hydroxylation sites is 1. The number of hydrogen-bond donors (Lipinski definition) is 0. The van der Waals surface area contributed by atoms with Gasteiger partial charge in [-0.05, 0) is 38.1 Å². The lowest BCUT2D eigenvalue weighted by Gasteiger charge is -2.32. The van der Waals surface area contributed by atoms with Crippen molar-refractivity contribution in [2.75, 3.05) is 33.2 Å². The summed E-state index contributed by atoms with van der Waals surface area (Å²) in [6, 6.07) is 8.14. The molecule has 0 spiro atoms. The van der Waals surface area contributed by atoms with E-state index >= 15 is 0 Å². The summed E-state index contributed by atoms with van der Waals surface area (Å²) in [4.78, 5) is 21.5. The first-order valence-corrected chi connectivity index (χ1v) is 7.87. The maximum Gasteiger partial charge on any atom is 0.227 e. The molecule has 1 aliphatic heterocycles. The molecular formula is C18H23N3O. The van der Waals surface area contributed by atoms with Crippen LogP contribution in [0.15, 0.2) is 24.3 Å². The van der Waals surface area contributed by atoms with Crippen molar-refractivity contribution < 1.29 is 4.79 Å². The van der Waals surface area contributed by atoms with Crippen LogP contribution in [0.25, 0.3) is 10.9 Å². The highest BCUT2D eigenvalue weighted by Gasteiger charge is 2.21. The summed E-state index contributed by atoms with van der Waals surface area (Å²) < 4.78 is 0. The Hall–Kier alpha value is -1.94. The Balaban J connectivity index is 1.86. The maximum atomic E-state index is 12.6. The first-order valence-electron chi connectivity index (χ1n) is 7.87. The van der Waals surface area contributed by atoms with E-state index in [0.29, 0.717) is 6.42 Å². The molecule has 4 heteroatoms. The van der Waals surface area contributed by atoms with E-state index in [1.54, 1.807) is 0 Å². The van der Waals surface area contributed by atoms with Gasteiger partial charge in [-0.25, -0.2) is 0 Å². The van der Waals surface area contributed by atoms with Gasteiger partial charge in [-0.3, -0.25) is 9.78 Å². The van der Waals surface area contributed by atoms with Gasteiger partial charge in [0.1, 0.15) is 0 Å². The standard InChI is InChI=1S/C18H23N3O/c1-13-15-6-4-5-7-17(15)19-14(2)16(13)12-18(22)21-10-8-20(3)9-11-21/h4-7H,8-12H2,1-3H3. The Kier molecular flexibility index (Phi) is 4.12. The average Bonchev–Trinajstić information content (AvgIpc) is 2.52. The lowest BCUT2D eigenvalue weighted by molar-refractivity contribution is -0.132. The van der Waals surface area contributed by atoms with Gasteiger partial charge in [-0.2, -0.15) is 0 Å². The van der Waals surface area contributed by atoms with Gasteiger partial charge >= 0.3 is 0 Å². The van der Waals surface area contributed by atoms with E-state index in [1.807, 2.05) is 30.0 Å². The molecule has 4 nitrogen and oxygen atoms in total. The highest BCUT2D eigenvalue weighted by Crippen LogP contribution is 2.23. The van der Waals surface area contributed by atoms with Gasteiger partial charge < -0.3 is 9.80 Å². The minimum atomic E-state index is 0.219. The summed E-state index contributed by atoms with van der Waals surface area (Å²) in [5.41, 5.74) is 4.25. The summed E-state index contributed by atoms with van der Waals surface area (Å²) in [5, 5.41) is 1.15. The topological polar surface area (TPSA) is 36.4 Å². The normalized spacial score (nSPS) is 16.2. The van der Waals surface area contributed by atoms with Crippen LogP contribution < -0.4 is 0 Å². The smallest absolute Gasteiger partial charge is 0.227 e. The van der Waals surface area contributed by atoms with Crippen LogP contribution in [-0.4, -0.2) is 53.9 Å². The van der Waals surface area contributed by atoms with Gasteiger partial charge in [0.25, 0.3) is 0 Å². The zero-order chi connectivity index (χ0) is 15.7. The van der Waals surface area contributed by atoms with Crippen LogP contribution in [0.5, 0.6) is 0 Å². The summed E-state index contributed by atoms with van der Waals surface area (Å²) in [7, 11) is 2.10. The number of rotatable bonds is 2. The Bertz CT molecular complexity index is 703. The van der Waals surface area contributed by atoms with Crippen molar-refractivity contribution >= 4 is 16.8 Å². The summed E-state index contributed by atoms with van der Waals surface area (Å²) in [6.45, 7) is 7.68. The van der Waals surface area contributed by atoms with Gasteiger partial charge in [-0.15, -0.1) is 0 Å². The van der Waals surface area contributed by atoms with E-state index < -0.39 is 0 Å². The number of carbonyl (C=O) groups excluding carboxylic acids is 1. The van der Waals surface area contributed by atoms with Gasteiger partial charge in [0, 0.05) is 37.3 Å². The van der Waals surface area contributed by atoms with E-state index in [2.05, 4.69) is 29.9 Å². The van der Waals surface area contributed by atoms with Crippen LogP contribution in [0.3, 0.4) is 0 Å². The van der Waals surface area contributed by atoms with Gasteiger partial charge in [-0.1, -0.05) is 18.2 Å². The fourth-order valence-electron chi connectivity index (χ4n) is 3.15. The number of pyridine rings is 1. The number of aryl methyl sites for hydroxylation is 2. The molecule has 1 aromatic heterocycles. The van der Waals surface area contributed by atoms with E-state index in [-0.39, 0.29) is 5.91 Å². The van der Waals surface area contributed by atoms with E-state index in [1.165, 1.54) is 5.56 Å². The number of amides is 1. The van der Waals surface area contributed by atoms with Gasteiger partial charge in [0.2, 0.25) is 5.91 Å². The Morgan fingerprint density at radius 1 is 1.14 bits per heavy atom. The Labute approximate surface area is 131 Å². The molecule has 1 amide bonds. The van der Waals surface area contributed by atoms with Crippen LogP contribution in [0.2, 0.25) is 0 Å². The zero-order valence-corrected chi connectivity index (χ0v) is 13.6. The van der Waals surface area contributed by atoms with Crippen LogP contribution in [0, 0.1) is 13.8 Å². The zero-order valence-electron chi connectivity index (χ0n) is 13.6. The van der Waals surface area contributed by atoms with Crippen molar-refractivity contribution in [1.82, 2.24) is 14.8 Å².